The van der Waals surface area contributed by atoms with Gasteiger partial charge in [-0.15, -0.1) is 0 Å². The summed E-state index contributed by atoms with van der Waals surface area (Å²) in [4.78, 5) is 7.90. The van der Waals surface area contributed by atoms with Crippen LogP contribution in [0.25, 0.3) is 0 Å². The SMILES string of the molecule is Cc1ccc(C)c(Oc2nc(N)ncc2Br)c1. The van der Waals surface area contributed by atoms with Crippen LogP contribution in [0.15, 0.2) is 28.9 Å². The molecular formula is C12H12BrN3O. The third-order valence-electron chi connectivity index (χ3n) is 2.28. The fourth-order valence-electron chi connectivity index (χ4n) is 1.36. The lowest BCUT2D eigenvalue weighted by Gasteiger charge is -2.09. The molecule has 0 spiro atoms. The monoisotopic (exact) mass is 293 g/mol. The van der Waals surface area contributed by atoms with Gasteiger partial charge in [0.2, 0.25) is 11.8 Å². The normalized spacial score (nSPS) is 10.3. The highest BCUT2D eigenvalue weighted by Gasteiger charge is 2.08. The molecule has 0 aliphatic carbocycles. The van der Waals surface area contributed by atoms with Crippen molar-refractivity contribution in [2.24, 2.45) is 0 Å². The van der Waals surface area contributed by atoms with Gasteiger partial charge >= 0.3 is 0 Å². The average Bonchev–Trinajstić information content (AvgIpc) is 2.28. The number of aryl methyl sites for hydroxylation is 2. The van der Waals surface area contributed by atoms with Crippen LogP contribution in [0.3, 0.4) is 0 Å². The van der Waals surface area contributed by atoms with Crippen molar-refractivity contribution in [2.45, 2.75) is 13.8 Å². The molecule has 0 saturated heterocycles. The maximum absolute atomic E-state index is 5.72. The van der Waals surface area contributed by atoms with E-state index in [1.165, 1.54) is 0 Å². The van der Waals surface area contributed by atoms with E-state index < -0.39 is 0 Å². The number of halogens is 1. The number of aromatic nitrogens is 2. The zero-order chi connectivity index (χ0) is 12.4. The van der Waals surface area contributed by atoms with Crippen LogP contribution >= 0.6 is 15.9 Å². The quantitative estimate of drug-likeness (QED) is 0.923. The molecule has 88 valence electrons. The molecule has 1 aromatic heterocycles. The Morgan fingerprint density at radius 1 is 1.29 bits per heavy atom. The van der Waals surface area contributed by atoms with Crippen molar-refractivity contribution in [3.63, 3.8) is 0 Å². The zero-order valence-electron chi connectivity index (χ0n) is 9.57. The second-order valence-electron chi connectivity index (χ2n) is 3.75. The standard InChI is InChI=1S/C12H12BrN3O/c1-7-3-4-8(2)10(5-7)17-11-9(13)6-15-12(14)16-11/h3-6H,1-2H3,(H2,14,15,16). The first kappa shape index (κ1) is 11.9. The van der Waals surface area contributed by atoms with Gasteiger partial charge in [-0.3, -0.25) is 0 Å². The molecule has 0 saturated carbocycles. The van der Waals surface area contributed by atoms with Gasteiger partial charge in [0.05, 0.1) is 10.7 Å². The summed E-state index contributed by atoms with van der Waals surface area (Å²) >= 11 is 3.33. The van der Waals surface area contributed by atoms with E-state index in [2.05, 4.69) is 25.9 Å². The van der Waals surface area contributed by atoms with Gasteiger partial charge in [0.1, 0.15) is 5.75 Å². The minimum Gasteiger partial charge on any atom is -0.437 e. The summed E-state index contributed by atoms with van der Waals surface area (Å²) in [5.74, 6) is 1.38. The number of nitrogens with two attached hydrogens (primary N) is 1. The third-order valence-corrected chi connectivity index (χ3v) is 2.82. The predicted molar refractivity (Wildman–Crippen MR) is 70.1 cm³/mol. The lowest BCUT2D eigenvalue weighted by Crippen LogP contribution is -1.98. The molecular weight excluding hydrogens is 282 g/mol. The molecule has 0 aliphatic heterocycles. The lowest BCUT2D eigenvalue weighted by atomic mass is 10.1. The molecule has 0 bridgehead atoms. The summed E-state index contributed by atoms with van der Waals surface area (Å²) in [6.45, 7) is 3.99. The first-order valence-corrected chi connectivity index (χ1v) is 5.88. The second kappa shape index (κ2) is 4.71. The van der Waals surface area contributed by atoms with Crippen LogP contribution < -0.4 is 10.5 Å². The van der Waals surface area contributed by atoms with Gasteiger partial charge in [0.25, 0.3) is 0 Å². The van der Waals surface area contributed by atoms with Gasteiger partial charge in [-0.25, -0.2) is 4.98 Å². The molecule has 5 heteroatoms. The molecule has 0 radical (unpaired) electrons. The topological polar surface area (TPSA) is 61.0 Å². The van der Waals surface area contributed by atoms with E-state index in [9.17, 15) is 0 Å². The first-order valence-electron chi connectivity index (χ1n) is 5.09. The molecule has 0 atom stereocenters. The summed E-state index contributed by atoms with van der Waals surface area (Å²) in [5, 5.41) is 0. The van der Waals surface area contributed by atoms with Crippen LogP contribution in [0.2, 0.25) is 0 Å². The number of hydrogen-bond donors (Lipinski definition) is 1. The summed E-state index contributed by atoms with van der Waals surface area (Å²) in [6, 6.07) is 5.99. The molecule has 1 aromatic carbocycles. The van der Waals surface area contributed by atoms with Crippen LogP contribution in [-0.2, 0) is 0 Å². The second-order valence-corrected chi connectivity index (χ2v) is 4.61. The highest BCUT2D eigenvalue weighted by Crippen LogP contribution is 2.29. The lowest BCUT2D eigenvalue weighted by molar-refractivity contribution is 0.455. The Bertz CT molecular complexity index is 508. The Hall–Kier alpha value is -1.62. The fourth-order valence-corrected chi connectivity index (χ4v) is 1.63. The molecule has 4 nitrogen and oxygen atoms in total. The molecule has 2 N–H and O–H groups in total. The van der Waals surface area contributed by atoms with Crippen LogP contribution in [0.5, 0.6) is 11.6 Å². The molecule has 1 heterocycles. The fraction of sp³-hybridized carbons (Fsp3) is 0.167. The van der Waals surface area contributed by atoms with Gasteiger partial charge in [-0.05, 0) is 47.0 Å². The Morgan fingerprint density at radius 3 is 2.82 bits per heavy atom. The van der Waals surface area contributed by atoms with E-state index in [1.54, 1.807) is 6.20 Å². The van der Waals surface area contributed by atoms with Crippen molar-refractivity contribution in [2.75, 3.05) is 5.73 Å². The zero-order valence-corrected chi connectivity index (χ0v) is 11.2. The summed E-state index contributed by atoms with van der Waals surface area (Å²) in [7, 11) is 0. The van der Waals surface area contributed by atoms with E-state index >= 15 is 0 Å². The van der Waals surface area contributed by atoms with Crippen LogP contribution in [0.4, 0.5) is 5.95 Å². The van der Waals surface area contributed by atoms with Crippen molar-refractivity contribution >= 4 is 21.9 Å². The van der Waals surface area contributed by atoms with Gasteiger partial charge in [0, 0.05) is 0 Å². The van der Waals surface area contributed by atoms with E-state index in [-0.39, 0.29) is 5.95 Å². The predicted octanol–water partition coefficient (Wildman–Crippen LogP) is 3.23. The number of benzene rings is 1. The number of rotatable bonds is 2. The van der Waals surface area contributed by atoms with Gasteiger partial charge in [-0.2, -0.15) is 4.98 Å². The molecule has 17 heavy (non-hydrogen) atoms. The molecule has 0 amide bonds. The number of nitrogens with zero attached hydrogens (tertiary/aromatic N) is 2. The van der Waals surface area contributed by atoms with Crippen LogP contribution in [-0.4, -0.2) is 9.97 Å². The maximum atomic E-state index is 5.72. The van der Waals surface area contributed by atoms with Gasteiger partial charge < -0.3 is 10.5 Å². The first-order chi connectivity index (χ1) is 8.06. The maximum Gasteiger partial charge on any atom is 0.238 e. The summed E-state index contributed by atoms with van der Waals surface area (Å²) in [5.41, 5.74) is 7.70. The molecule has 0 fully saturated rings. The van der Waals surface area contributed by atoms with E-state index in [0.717, 1.165) is 16.9 Å². The summed E-state index contributed by atoms with van der Waals surface area (Å²) < 4.78 is 6.40. The molecule has 2 aromatic rings. The third kappa shape index (κ3) is 2.74. The highest BCUT2D eigenvalue weighted by molar-refractivity contribution is 9.10. The Labute approximate surface area is 108 Å². The van der Waals surface area contributed by atoms with Crippen molar-refractivity contribution in [3.05, 3.63) is 40.0 Å². The van der Waals surface area contributed by atoms with Gasteiger partial charge in [-0.1, -0.05) is 12.1 Å². The minimum atomic E-state index is 0.188. The summed E-state index contributed by atoms with van der Waals surface area (Å²) in [6.07, 6.45) is 1.57. The van der Waals surface area contributed by atoms with Crippen molar-refractivity contribution in [3.8, 4) is 11.6 Å². The van der Waals surface area contributed by atoms with E-state index in [4.69, 9.17) is 10.5 Å². The van der Waals surface area contributed by atoms with E-state index in [1.807, 2.05) is 32.0 Å². The molecule has 0 unspecified atom stereocenters. The molecule has 2 rings (SSSR count). The Balaban J connectivity index is 2.37. The minimum absolute atomic E-state index is 0.188. The van der Waals surface area contributed by atoms with Crippen LogP contribution in [0.1, 0.15) is 11.1 Å². The Kier molecular flexibility index (Phi) is 3.28. The Morgan fingerprint density at radius 2 is 2.06 bits per heavy atom. The largest absolute Gasteiger partial charge is 0.437 e. The van der Waals surface area contributed by atoms with Crippen molar-refractivity contribution in [1.82, 2.24) is 9.97 Å². The average molecular weight is 294 g/mol. The molecule has 0 aliphatic rings. The van der Waals surface area contributed by atoms with Gasteiger partial charge in [0.15, 0.2) is 0 Å². The number of anilines is 1. The van der Waals surface area contributed by atoms with Crippen molar-refractivity contribution < 1.29 is 4.74 Å². The van der Waals surface area contributed by atoms with Crippen molar-refractivity contribution in [1.29, 1.82) is 0 Å². The number of ether oxygens (including phenoxy) is 1. The number of hydrogen-bond acceptors (Lipinski definition) is 4. The van der Waals surface area contributed by atoms with E-state index in [0.29, 0.717) is 10.4 Å². The highest BCUT2D eigenvalue weighted by atomic mass is 79.9. The number of nitrogen functional groups attached to an aromatic ring is 1. The smallest absolute Gasteiger partial charge is 0.238 e. The van der Waals surface area contributed by atoms with Crippen LogP contribution in [0, 0.1) is 13.8 Å².